The van der Waals surface area contributed by atoms with Crippen molar-refractivity contribution >= 4 is 17.4 Å². The zero-order chi connectivity index (χ0) is 13.0. The second-order valence-corrected chi connectivity index (χ2v) is 4.43. The molecule has 94 valence electrons. The van der Waals surface area contributed by atoms with Crippen LogP contribution >= 0.6 is 11.6 Å². The summed E-state index contributed by atoms with van der Waals surface area (Å²) in [5.74, 6) is 1.52. The summed E-state index contributed by atoms with van der Waals surface area (Å²) < 4.78 is 5.69. The number of aryl methyl sites for hydroxylation is 1. The number of ether oxygens (including phenoxy) is 1. The Morgan fingerprint density at radius 3 is 2.83 bits per heavy atom. The molecule has 1 aromatic heterocycles. The monoisotopic (exact) mass is 262 g/mol. The van der Waals surface area contributed by atoms with Crippen LogP contribution in [0.15, 0.2) is 36.5 Å². The third-order valence-corrected chi connectivity index (χ3v) is 2.86. The summed E-state index contributed by atoms with van der Waals surface area (Å²) in [6, 6.07) is 9.62. The highest BCUT2D eigenvalue weighted by Crippen LogP contribution is 2.26. The molecule has 0 atom stereocenters. The Bertz CT molecular complexity index is 543. The molecule has 1 heterocycles. The largest absolute Gasteiger partial charge is 0.487 e. The second kappa shape index (κ2) is 5.74. The lowest BCUT2D eigenvalue weighted by Gasteiger charge is -2.09. The number of hydrogen-bond acceptors (Lipinski definition) is 3. The molecule has 1 N–H and O–H groups in total. The van der Waals surface area contributed by atoms with Gasteiger partial charge in [0.1, 0.15) is 18.2 Å². The summed E-state index contributed by atoms with van der Waals surface area (Å²) in [5, 5.41) is 3.63. The Labute approximate surface area is 112 Å². The summed E-state index contributed by atoms with van der Waals surface area (Å²) in [5.41, 5.74) is 2.17. The van der Waals surface area contributed by atoms with Gasteiger partial charge in [0.2, 0.25) is 0 Å². The van der Waals surface area contributed by atoms with Gasteiger partial charge >= 0.3 is 0 Å². The zero-order valence-electron chi connectivity index (χ0n) is 10.4. The Kier molecular flexibility index (Phi) is 4.05. The van der Waals surface area contributed by atoms with Crippen LogP contribution in [0.1, 0.15) is 11.1 Å². The summed E-state index contributed by atoms with van der Waals surface area (Å²) in [7, 11) is 1.84. The Morgan fingerprint density at radius 1 is 1.28 bits per heavy atom. The molecule has 0 fully saturated rings. The molecular weight excluding hydrogens is 248 g/mol. The normalized spacial score (nSPS) is 10.2. The van der Waals surface area contributed by atoms with E-state index in [0.29, 0.717) is 17.4 Å². The van der Waals surface area contributed by atoms with E-state index in [1.165, 1.54) is 0 Å². The number of hydrogen-bond donors (Lipinski definition) is 1. The predicted octanol–water partition coefficient (Wildman–Crippen LogP) is 3.66. The fourth-order valence-corrected chi connectivity index (χ4v) is 1.87. The number of anilines is 1. The van der Waals surface area contributed by atoms with E-state index in [2.05, 4.69) is 10.3 Å². The van der Waals surface area contributed by atoms with Crippen molar-refractivity contribution in [1.82, 2.24) is 4.98 Å². The molecule has 0 amide bonds. The third kappa shape index (κ3) is 3.14. The fourth-order valence-electron chi connectivity index (χ4n) is 1.58. The van der Waals surface area contributed by atoms with Crippen LogP contribution in [0.3, 0.4) is 0 Å². The average Bonchev–Trinajstić information content (AvgIpc) is 2.38. The first-order valence-corrected chi connectivity index (χ1v) is 6.08. The van der Waals surface area contributed by atoms with E-state index >= 15 is 0 Å². The van der Waals surface area contributed by atoms with E-state index < -0.39 is 0 Å². The van der Waals surface area contributed by atoms with Crippen LogP contribution in [0, 0.1) is 6.92 Å². The molecule has 4 heteroatoms. The number of nitrogens with zero attached hydrogens (tertiary/aromatic N) is 1. The third-order valence-electron chi connectivity index (χ3n) is 2.56. The highest BCUT2D eigenvalue weighted by Gasteiger charge is 2.02. The van der Waals surface area contributed by atoms with Gasteiger partial charge in [-0.1, -0.05) is 17.7 Å². The molecule has 3 nitrogen and oxygen atoms in total. The summed E-state index contributed by atoms with van der Waals surface area (Å²) in [6.07, 6.45) is 1.75. The van der Waals surface area contributed by atoms with Crippen molar-refractivity contribution in [2.24, 2.45) is 0 Å². The van der Waals surface area contributed by atoms with Crippen LogP contribution in [0.2, 0.25) is 5.02 Å². The first kappa shape index (κ1) is 12.7. The van der Waals surface area contributed by atoms with Gasteiger partial charge in [-0.25, -0.2) is 4.98 Å². The van der Waals surface area contributed by atoms with Crippen LogP contribution < -0.4 is 10.1 Å². The number of rotatable bonds is 4. The van der Waals surface area contributed by atoms with Crippen LogP contribution in [0.4, 0.5) is 5.82 Å². The van der Waals surface area contributed by atoms with Gasteiger partial charge < -0.3 is 10.1 Å². The Hall–Kier alpha value is -1.74. The van der Waals surface area contributed by atoms with Crippen molar-refractivity contribution in [3.63, 3.8) is 0 Å². The van der Waals surface area contributed by atoms with Gasteiger partial charge in [0, 0.05) is 13.2 Å². The van der Waals surface area contributed by atoms with E-state index in [1.54, 1.807) is 6.20 Å². The first-order valence-electron chi connectivity index (χ1n) is 5.70. The smallest absolute Gasteiger partial charge is 0.138 e. The number of pyridine rings is 1. The van der Waals surface area contributed by atoms with Crippen LogP contribution in [-0.2, 0) is 6.61 Å². The molecule has 0 unspecified atom stereocenters. The summed E-state index contributed by atoms with van der Waals surface area (Å²) in [6.45, 7) is 2.47. The summed E-state index contributed by atoms with van der Waals surface area (Å²) in [4.78, 5) is 4.15. The standard InChI is InChI=1S/C14H15ClN2O/c1-10-3-4-13(12(15)7-10)18-9-11-5-6-17-14(8-11)16-2/h3-8H,9H2,1-2H3,(H,16,17). The van der Waals surface area contributed by atoms with Gasteiger partial charge in [0.15, 0.2) is 0 Å². The molecule has 0 saturated heterocycles. The van der Waals surface area contributed by atoms with Gasteiger partial charge in [-0.15, -0.1) is 0 Å². The maximum absolute atomic E-state index is 6.10. The molecule has 0 aliphatic rings. The Balaban J connectivity index is 2.06. The van der Waals surface area contributed by atoms with Crippen LogP contribution in [-0.4, -0.2) is 12.0 Å². The minimum atomic E-state index is 0.472. The second-order valence-electron chi connectivity index (χ2n) is 4.02. The van der Waals surface area contributed by atoms with Crippen molar-refractivity contribution in [2.75, 3.05) is 12.4 Å². The molecule has 1 aromatic carbocycles. The van der Waals surface area contributed by atoms with Crippen molar-refractivity contribution in [3.05, 3.63) is 52.7 Å². The van der Waals surface area contributed by atoms with E-state index in [4.69, 9.17) is 16.3 Å². The van der Waals surface area contributed by atoms with Gasteiger partial charge in [-0.05, 0) is 42.3 Å². The number of halogens is 1. The van der Waals surface area contributed by atoms with E-state index in [0.717, 1.165) is 16.9 Å². The average molecular weight is 263 g/mol. The molecule has 0 aliphatic carbocycles. The zero-order valence-corrected chi connectivity index (χ0v) is 11.2. The molecule has 0 radical (unpaired) electrons. The lowest BCUT2D eigenvalue weighted by atomic mass is 10.2. The number of benzene rings is 1. The van der Waals surface area contributed by atoms with Gasteiger partial charge in [0.25, 0.3) is 0 Å². The maximum Gasteiger partial charge on any atom is 0.138 e. The van der Waals surface area contributed by atoms with E-state index in [1.807, 2.05) is 44.3 Å². The van der Waals surface area contributed by atoms with Crippen LogP contribution in [0.25, 0.3) is 0 Å². The van der Waals surface area contributed by atoms with E-state index in [9.17, 15) is 0 Å². The molecule has 2 rings (SSSR count). The molecule has 2 aromatic rings. The van der Waals surface area contributed by atoms with Gasteiger partial charge in [0.05, 0.1) is 5.02 Å². The maximum atomic E-state index is 6.10. The van der Waals surface area contributed by atoms with Crippen LogP contribution in [0.5, 0.6) is 5.75 Å². The molecule has 0 saturated carbocycles. The molecular formula is C14H15ClN2O. The van der Waals surface area contributed by atoms with Crippen molar-refractivity contribution in [1.29, 1.82) is 0 Å². The highest BCUT2D eigenvalue weighted by atomic mass is 35.5. The van der Waals surface area contributed by atoms with Crippen molar-refractivity contribution in [3.8, 4) is 5.75 Å². The molecule has 0 bridgehead atoms. The molecule has 0 spiro atoms. The minimum absolute atomic E-state index is 0.472. The molecule has 0 aliphatic heterocycles. The van der Waals surface area contributed by atoms with Crippen molar-refractivity contribution in [2.45, 2.75) is 13.5 Å². The highest BCUT2D eigenvalue weighted by molar-refractivity contribution is 6.32. The van der Waals surface area contributed by atoms with Crippen molar-refractivity contribution < 1.29 is 4.74 Å². The minimum Gasteiger partial charge on any atom is -0.487 e. The topological polar surface area (TPSA) is 34.1 Å². The lowest BCUT2D eigenvalue weighted by molar-refractivity contribution is 0.306. The fraction of sp³-hybridized carbons (Fsp3) is 0.214. The first-order chi connectivity index (χ1) is 8.69. The lowest BCUT2D eigenvalue weighted by Crippen LogP contribution is -1.98. The summed E-state index contributed by atoms with van der Waals surface area (Å²) >= 11 is 6.10. The molecule has 18 heavy (non-hydrogen) atoms. The number of nitrogens with one attached hydrogen (secondary N) is 1. The quantitative estimate of drug-likeness (QED) is 0.913. The van der Waals surface area contributed by atoms with Gasteiger partial charge in [-0.3, -0.25) is 0 Å². The Morgan fingerprint density at radius 2 is 2.11 bits per heavy atom. The predicted molar refractivity (Wildman–Crippen MR) is 74.3 cm³/mol. The number of aromatic nitrogens is 1. The van der Waals surface area contributed by atoms with Gasteiger partial charge in [-0.2, -0.15) is 0 Å². The SMILES string of the molecule is CNc1cc(COc2ccc(C)cc2Cl)ccn1. The van der Waals surface area contributed by atoms with E-state index in [-0.39, 0.29) is 0 Å².